The third-order valence-corrected chi connectivity index (χ3v) is 7.59. The van der Waals surface area contributed by atoms with Gasteiger partial charge >= 0.3 is 0 Å². The van der Waals surface area contributed by atoms with E-state index in [1.807, 2.05) is 23.1 Å². The van der Waals surface area contributed by atoms with Crippen LogP contribution < -0.4 is 0 Å². The summed E-state index contributed by atoms with van der Waals surface area (Å²) in [5.41, 5.74) is 3.99. The molecule has 2 heterocycles. The first-order chi connectivity index (χ1) is 14.2. The Balaban J connectivity index is 1.62. The molecule has 0 amide bonds. The maximum atomic E-state index is 5.95. The van der Waals surface area contributed by atoms with Crippen molar-refractivity contribution in [3.8, 4) is 21.6 Å². The van der Waals surface area contributed by atoms with Crippen LogP contribution in [0.1, 0.15) is 4.88 Å². The summed E-state index contributed by atoms with van der Waals surface area (Å²) in [7, 11) is 4.15. The normalized spacial score (nSPS) is 12.5. The SMILES string of the molecule is CN(C)CCOCc1cc2c(s1)-c1ccc3ccccc3c1Sc1ccccc1-2. The van der Waals surface area contributed by atoms with Crippen molar-refractivity contribution in [1.29, 1.82) is 0 Å². The van der Waals surface area contributed by atoms with E-state index >= 15 is 0 Å². The number of hydrogen-bond donors (Lipinski definition) is 0. The highest BCUT2D eigenvalue weighted by atomic mass is 32.2. The molecule has 0 atom stereocenters. The Bertz CT molecular complexity index is 1180. The quantitative estimate of drug-likeness (QED) is 0.293. The molecule has 4 heteroatoms. The first-order valence-corrected chi connectivity index (χ1v) is 11.5. The molecular weight excluding hydrogens is 394 g/mol. The Morgan fingerprint density at radius 2 is 1.69 bits per heavy atom. The molecule has 0 N–H and O–H groups in total. The van der Waals surface area contributed by atoms with Gasteiger partial charge in [-0.2, -0.15) is 0 Å². The Morgan fingerprint density at radius 3 is 2.59 bits per heavy atom. The van der Waals surface area contributed by atoms with Crippen LogP contribution >= 0.6 is 23.1 Å². The molecule has 0 fully saturated rings. The van der Waals surface area contributed by atoms with E-state index in [0.717, 1.165) is 13.2 Å². The van der Waals surface area contributed by atoms with E-state index < -0.39 is 0 Å². The third-order valence-electron chi connectivity index (χ3n) is 5.22. The number of nitrogens with zero attached hydrogens (tertiary/aromatic N) is 1. The Hall–Kier alpha value is -2.11. The molecule has 0 bridgehead atoms. The van der Waals surface area contributed by atoms with Crippen molar-refractivity contribution in [2.24, 2.45) is 0 Å². The van der Waals surface area contributed by atoms with Gasteiger partial charge in [-0.1, -0.05) is 66.4 Å². The molecule has 4 aromatic rings. The van der Waals surface area contributed by atoms with Crippen molar-refractivity contribution in [1.82, 2.24) is 4.90 Å². The standard InChI is InChI=1S/C25H23NOS2/c1-26(2)13-14-27-16-18-15-22-20-9-5-6-10-23(20)29-24-19-8-4-3-7-17(19)11-12-21(24)25(22)28-18/h3-12,15H,13-14,16H2,1-2H3. The predicted molar refractivity (Wildman–Crippen MR) is 125 cm³/mol. The average Bonchev–Trinajstić information content (AvgIpc) is 3.10. The molecule has 0 aliphatic carbocycles. The lowest BCUT2D eigenvalue weighted by molar-refractivity contribution is 0.107. The summed E-state index contributed by atoms with van der Waals surface area (Å²) < 4.78 is 5.95. The third kappa shape index (κ3) is 3.62. The summed E-state index contributed by atoms with van der Waals surface area (Å²) in [5.74, 6) is 0. The van der Waals surface area contributed by atoms with Crippen LogP contribution in [0.4, 0.5) is 0 Å². The van der Waals surface area contributed by atoms with Gasteiger partial charge in [0.1, 0.15) is 0 Å². The number of likely N-dealkylation sites (N-methyl/N-ethyl adjacent to an activating group) is 1. The predicted octanol–water partition coefficient (Wildman–Crippen LogP) is 6.78. The summed E-state index contributed by atoms with van der Waals surface area (Å²) in [4.78, 5) is 7.47. The molecule has 2 nitrogen and oxygen atoms in total. The minimum Gasteiger partial charge on any atom is -0.375 e. The maximum absolute atomic E-state index is 5.95. The highest BCUT2D eigenvalue weighted by molar-refractivity contribution is 8.00. The second-order valence-electron chi connectivity index (χ2n) is 7.57. The van der Waals surface area contributed by atoms with Gasteiger partial charge < -0.3 is 9.64 Å². The van der Waals surface area contributed by atoms with Crippen LogP contribution in [0.2, 0.25) is 0 Å². The smallest absolute Gasteiger partial charge is 0.0810 e. The van der Waals surface area contributed by atoms with Gasteiger partial charge in [0, 0.05) is 37.2 Å². The lowest BCUT2D eigenvalue weighted by Crippen LogP contribution is -2.17. The molecule has 146 valence electrons. The van der Waals surface area contributed by atoms with Crippen LogP contribution in [0.3, 0.4) is 0 Å². The summed E-state index contributed by atoms with van der Waals surface area (Å²) >= 11 is 3.76. The van der Waals surface area contributed by atoms with E-state index in [0.29, 0.717) is 6.61 Å². The molecule has 0 saturated heterocycles. The topological polar surface area (TPSA) is 12.5 Å². The highest BCUT2D eigenvalue weighted by Crippen LogP contribution is 2.52. The number of thiophene rings is 1. The molecule has 29 heavy (non-hydrogen) atoms. The molecule has 1 aliphatic heterocycles. The molecule has 5 rings (SSSR count). The monoisotopic (exact) mass is 417 g/mol. The van der Waals surface area contributed by atoms with Crippen molar-refractivity contribution in [3.63, 3.8) is 0 Å². The van der Waals surface area contributed by atoms with E-state index in [4.69, 9.17) is 4.74 Å². The number of benzene rings is 3. The summed E-state index contributed by atoms with van der Waals surface area (Å²) in [5, 5.41) is 2.62. The van der Waals surface area contributed by atoms with Gasteiger partial charge in [0.15, 0.2) is 0 Å². The van der Waals surface area contributed by atoms with Crippen LogP contribution in [0.5, 0.6) is 0 Å². The van der Waals surface area contributed by atoms with Crippen molar-refractivity contribution in [2.75, 3.05) is 27.2 Å². The zero-order valence-electron chi connectivity index (χ0n) is 16.6. The van der Waals surface area contributed by atoms with Gasteiger partial charge in [-0.05, 0) is 42.6 Å². The number of ether oxygens (including phenoxy) is 1. The van der Waals surface area contributed by atoms with E-state index in [1.165, 1.54) is 47.0 Å². The summed E-state index contributed by atoms with van der Waals surface area (Å²) in [6, 6.07) is 24.3. The van der Waals surface area contributed by atoms with E-state index in [1.54, 1.807) is 0 Å². The summed E-state index contributed by atoms with van der Waals surface area (Å²) in [6.07, 6.45) is 0. The Kier molecular flexibility index (Phi) is 5.18. The second-order valence-corrected chi connectivity index (χ2v) is 9.76. The molecule has 3 aromatic carbocycles. The molecule has 0 spiro atoms. The molecule has 0 unspecified atom stereocenters. The first-order valence-electron chi connectivity index (χ1n) is 9.85. The fourth-order valence-electron chi connectivity index (χ4n) is 3.75. The van der Waals surface area contributed by atoms with Crippen molar-refractivity contribution in [3.05, 3.63) is 71.6 Å². The molecule has 0 saturated carbocycles. The average molecular weight is 418 g/mol. The van der Waals surface area contributed by atoms with Crippen molar-refractivity contribution in [2.45, 2.75) is 16.4 Å². The highest BCUT2D eigenvalue weighted by Gasteiger charge is 2.23. The fourth-order valence-corrected chi connectivity index (χ4v) is 6.19. The van der Waals surface area contributed by atoms with Gasteiger partial charge in [-0.3, -0.25) is 0 Å². The zero-order valence-corrected chi connectivity index (χ0v) is 18.3. The zero-order chi connectivity index (χ0) is 19.8. The van der Waals surface area contributed by atoms with Crippen LogP contribution in [0, 0.1) is 0 Å². The number of rotatable bonds is 5. The Morgan fingerprint density at radius 1 is 0.862 bits per heavy atom. The molecule has 1 aromatic heterocycles. The van der Waals surface area contributed by atoms with Gasteiger partial charge in [0.25, 0.3) is 0 Å². The van der Waals surface area contributed by atoms with E-state index in [-0.39, 0.29) is 0 Å². The van der Waals surface area contributed by atoms with Gasteiger partial charge in [-0.25, -0.2) is 0 Å². The lowest BCUT2D eigenvalue weighted by Gasteiger charge is -2.10. The van der Waals surface area contributed by atoms with Gasteiger partial charge in [0.2, 0.25) is 0 Å². The van der Waals surface area contributed by atoms with Crippen LogP contribution in [0.15, 0.2) is 76.5 Å². The van der Waals surface area contributed by atoms with Crippen molar-refractivity contribution >= 4 is 33.9 Å². The van der Waals surface area contributed by atoms with Crippen LogP contribution in [-0.4, -0.2) is 32.1 Å². The Labute approximate surface area is 180 Å². The first kappa shape index (κ1) is 18.9. The fraction of sp³-hybridized carbons (Fsp3) is 0.200. The van der Waals surface area contributed by atoms with Crippen LogP contribution in [0.25, 0.3) is 32.3 Å². The largest absolute Gasteiger partial charge is 0.375 e. The maximum Gasteiger partial charge on any atom is 0.0810 e. The minimum absolute atomic E-state index is 0.670. The summed E-state index contributed by atoms with van der Waals surface area (Å²) in [6.45, 7) is 2.37. The van der Waals surface area contributed by atoms with Crippen LogP contribution in [-0.2, 0) is 11.3 Å². The lowest BCUT2D eigenvalue weighted by atomic mass is 10.0. The van der Waals surface area contributed by atoms with Gasteiger partial charge in [0.05, 0.1) is 13.2 Å². The van der Waals surface area contributed by atoms with E-state index in [2.05, 4.69) is 85.7 Å². The minimum atomic E-state index is 0.670. The number of fused-ring (bicyclic) bond motifs is 7. The molecular formula is C25H23NOS2. The number of hydrogen-bond acceptors (Lipinski definition) is 4. The van der Waals surface area contributed by atoms with Gasteiger partial charge in [-0.15, -0.1) is 11.3 Å². The molecule has 1 aliphatic rings. The van der Waals surface area contributed by atoms with E-state index in [9.17, 15) is 0 Å². The second kappa shape index (κ2) is 7.96. The molecule has 0 radical (unpaired) electrons. The van der Waals surface area contributed by atoms with Crippen molar-refractivity contribution < 1.29 is 4.74 Å².